The molecule has 1 aromatic rings. The minimum absolute atomic E-state index is 0.600. The van der Waals surface area contributed by atoms with Crippen LogP contribution in [-0.2, 0) is 6.54 Å². The molecule has 1 heterocycles. The predicted octanol–water partition coefficient (Wildman–Crippen LogP) is 1.12. The zero-order chi connectivity index (χ0) is 8.27. The molecule has 11 heavy (non-hydrogen) atoms. The van der Waals surface area contributed by atoms with E-state index in [9.17, 15) is 5.11 Å². The number of hydrogen-bond donors (Lipinski definition) is 1. The third-order valence-electron chi connectivity index (χ3n) is 1.61. The number of aryl methyl sites for hydroxylation is 1. The second-order valence-electron chi connectivity index (χ2n) is 2.29. The second kappa shape index (κ2) is 3.34. The first-order valence-electron chi connectivity index (χ1n) is 3.60. The Morgan fingerprint density at radius 3 is 3.18 bits per heavy atom. The molecular formula is C8H12N2O. The average molecular weight is 152 g/mol. The summed E-state index contributed by atoms with van der Waals surface area (Å²) < 4.78 is 1.88. The van der Waals surface area contributed by atoms with Gasteiger partial charge in [0.2, 0.25) is 0 Å². The summed E-state index contributed by atoms with van der Waals surface area (Å²) in [6.45, 7) is 6.32. The molecule has 0 aliphatic heterocycles. The van der Waals surface area contributed by atoms with E-state index >= 15 is 0 Å². The van der Waals surface area contributed by atoms with Gasteiger partial charge in [-0.3, -0.25) is 0 Å². The number of imidazole rings is 1. The molecule has 0 saturated heterocycles. The molecule has 0 bridgehead atoms. The maximum absolute atomic E-state index is 9.35. The molecule has 0 aliphatic rings. The van der Waals surface area contributed by atoms with Gasteiger partial charge in [0.25, 0.3) is 0 Å². The number of aromatic nitrogens is 2. The third-order valence-corrected chi connectivity index (χ3v) is 1.61. The molecule has 1 atom stereocenters. The standard InChI is InChI=1S/C8H12N2O/c1-3-8(11)7-5-9-6-10(7)4-2/h3,5-6,8,11H,1,4H2,2H3. The van der Waals surface area contributed by atoms with Crippen LogP contribution >= 0.6 is 0 Å². The Balaban J connectivity index is 2.91. The van der Waals surface area contributed by atoms with Crippen LogP contribution in [0.25, 0.3) is 0 Å². The third kappa shape index (κ3) is 1.49. The van der Waals surface area contributed by atoms with Crippen LogP contribution in [0.3, 0.4) is 0 Å². The monoisotopic (exact) mass is 152 g/mol. The minimum Gasteiger partial charge on any atom is -0.383 e. The van der Waals surface area contributed by atoms with E-state index in [1.165, 1.54) is 6.08 Å². The van der Waals surface area contributed by atoms with Crippen LogP contribution in [0.1, 0.15) is 18.7 Å². The number of nitrogens with zero attached hydrogens (tertiary/aromatic N) is 2. The van der Waals surface area contributed by atoms with Gasteiger partial charge in [0.05, 0.1) is 18.2 Å². The number of hydrogen-bond acceptors (Lipinski definition) is 2. The van der Waals surface area contributed by atoms with Crippen molar-refractivity contribution >= 4 is 0 Å². The van der Waals surface area contributed by atoms with Crippen molar-refractivity contribution in [3.63, 3.8) is 0 Å². The Morgan fingerprint density at radius 1 is 1.91 bits per heavy atom. The van der Waals surface area contributed by atoms with Crippen LogP contribution in [0.4, 0.5) is 0 Å². The van der Waals surface area contributed by atoms with Crippen LogP contribution in [0.15, 0.2) is 25.2 Å². The molecule has 1 unspecified atom stereocenters. The van der Waals surface area contributed by atoms with Gasteiger partial charge in [0.15, 0.2) is 0 Å². The highest BCUT2D eigenvalue weighted by atomic mass is 16.3. The fourth-order valence-electron chi connectivity index (χ4n) is 0.962. The van der Waals surface area contributed by atoms with Crippen molar-refractivity contribution in [2.24, 2.45) is 0 Å². The van der Waals surface area contributed by atoms with Crippen molar-refractivity contribution < 1.29 is 5.11 Å². The van der Waals surface area contributed by atoms with Crippen molar-refractivity contribution in [3.8, 4) is 0 Å². The Hall–Kier alpha value is -1.09. The van der Waals surface area contributed by atoms with Gasteiger partial charge < -0.3 is 9.67 Å². The molecule has 0 aliphatic carbocycles. The summed E-state index contributed by atoms with van der Waals surface area (Å²) in [4.78, 5) is 3.92. The maximum Gasteiger partial charge on any atom is 0.113 e. The van der Waals surface area contributed by atoms with Crippen molar-refractivity contribution in [3.05, 3.63) is 30.9 Å². The molecule has 0 saturated carbocycles. The highest BCUT2D eigenvalue weighted by molar-refractivity contribution is 5.07. The summed E-state index contributed by atoms with van der Waals surface area (Å²) >= 11 is 0. The predicted molar refractivity (Wildman–Crippen MR) is 43.1 cm³/mol. The fourth-order valence-corrected chi connectivity index (χ4v) is 0.962. The molecular weight excluding hydrogens is 140 g/mol. The first-order chi connectivity index (χ1) is 5.29. The Bertz CT molecular complexity index is 242. The van der Waals surface area contributed by atoms with Crippen LogP contribution in [-0.4, -0.2) is 14.7 Å². The Kier molecular flexibility index (Phi) is 2.44. The summed E-state index contributed by atoms with van der Waals surface area (Å²) in [7, 11) is 0. The van der Waals surface area contributed by atoms with Gasteiger partial charge in [-0.05, 0) is 6.92 Å². The van der Waals surface area contributed by atoms with Crippen LogP contribution in [0, 0.1) is 0 Å². The average Bonchev–Trinajstić information content (AvgIpc) is 2.50. The summed E-state index contributed by atoms with van der Waals surface area (Å²) in [6, 6.07) is 0. The lowest BCUT2D eigenvalue weighted by Crippen LogP contribution is -2.02. The SMILES string of the molecule is C=CC(O)c1cncn1CC. The zero-order valence-corrected chi connectivity index (χ0v) is 6.57. The highest BCUT2D eigenvalue weighted by Crippen LogP contribution is 2.11. The first kappa shape index (κ1) is 8.01. The summed E-state index contributed by atoms with van der Waals surface area (Å²) in [5.74, 6) is 0. The van der Waals surface area contributed by atoms with Crippen LogP contribution in [0.2, 0.25) is 0 Å². The second-order valence-corrected chi connectivity index (χ2v) is 2.29. The summed E-state index contributed by atoms with van der Waals surface area (Å²) in [5.41, 5.74) is 0.794. The minimum atomic E-state index is -0.600. The molecule has 0 radical (unpaired) electrons. The van der Waals surface area contributed by atoms with E-state index in [4.69, 9.17) is 0 Å². The van der Waals surface area contributed by atoms with Gasteiger partial charge in [-0.1, -0.05) is 6.08 Å². The van der Waals surface area contributed by atoms with Crippen molar-refractivity contribution in [2.45, 2.75) is 19.6 Å². The molecule has 60 valence electrons. The van der Waals surface area contributed by atoms with Crippen LogP contribution < -0.4 is 0 Å². The molecule has 0 fully saturated rings. The lowest BCUT2D eigenvalue weighted by atomic mass is 10.3. The zero-order valence-electron chi connectivity index (χ0n) is 6.57. The Labute approximate surface area is 66.0 Å². The van der Waals surface area contributed by atoms with Gasteiger partial charge in [0.1, 0.15) is 6.10 Å². The van der Waals surface area contributed by atoms with Crippen molar-refractivity contribution in [2.75, 3.05) is 0 Å². The number of aliphatic hydroxyl groups is 1. The van der Waals surface area contributed by atoms with Crippen molar-refractivity contribution in [1.29, 1.82) is 0 Å². The molecule has 1 N–H and O–H groups in total. The molecule has 1 aromatic heterocycles. The van der Waals surface area contributed by atoms with E-state index in [0.29, 0.717) is 0 Å². The molecule has 1 rings (SSSR count). The van der Waals surface area contributed by atoms with Crippen LogP contribution in [0.5, 0.6) is 0 Å². The summed E-state index contributed by atoms with van der Waals surface area (Å²) in [5, 5.41) is 9.35. The van der Waals surface area contributed by atoms with Gasteiger partial charge in [-0.25, -0.2) is 4.98 Å². The lowest BCUT2D eigenvalue weighted by Gasteiger charge is -2.06. The largest absolute Gasteiger partial charge is 0.383 e. The van der Waals surface area contributed by atoms with E-state index in [0.717, 1.165) is 12.2 Å². The number of rotatable bonds is 3. The van der Waals surface area contributed by atoms with E-state index < -0.39 is 6.10 Å². The van der Waals surface area contributed by atoms with E-state index in [1.54, 1.807) is 12.5 Å². The Morgan fingerprint density at radius 2 is 2.64 bits per heavy atom. The van der Waals surface area contributed by atoms with E-state index in [-0.39, 0.29) is 0 Å². The van der Waals surface area contributed by atoms with Crippen molar-refractivity contribution in [1.82, 2.24) is 9.55 Å². The molecule has 0 amide bonds. The first-order valence-corrected chi connectivity index (χ1v) is 3.60. The van der Waals surface area contributed by atoms with E-state index in [1.807, 2.05) is 11.5 Å². The molecule has 3 nitrogen and oxygen atoms in total. The molecule has 0 aromatic carbocycles. The van der Waals surface area contributed by atoms with E-state index in [2.05, 4.69) is 11.6 Å². The maximum atomic E-state index is 9.35. The normalized spacial score (nSPS) is 12.9. The molecule has 3 heteroatoms. The fraction of sp³-hybridized carbons (Fsp3) is 0.375. The highest BCUT2D eigenvalue weighted by Gasteiger charge is 2.06. The van der Waals surface area contributed by atoms with Gasteiger partial charge >= 0.3 is 0 Å². The van der Waals surface area contributed by atoms with Gasteiger partial charge in [-0.15, -0.1) is 6.58 Å². The smallest absolute Gasteiger partial charge is 0.113 e. The molecule has 0 spiro atoms. The lowest BCUT2D eigenvalue weighted by molar-refractivity contribution is 0.219. The van der Waals surface area contributed by atoms with Gasteiger partial charge in [-0.2, -0.15) is 0 Å². The summed E-state index contributed by atoms with van der Waals surface area (Å²) in [6.07, 6.45) is 4.23. The quantitative estimate of drug-likeness (QED) is 0.659. The topological polar surface area (TPSA) is 38.1 Å². The number of aliphatic hydroxyl groups excluding tert-OH is 1. The van der Waals surface area contributed by atoms with Gasteiger partial charge in [0, 0.05) is 6.54 Å².